The maximum absolute atomic E-state index is 12.2. The van der Waals surface area contributed by atoms with Gasteiger partial charge >= 0.3 is 10.4 Å². The molecule has 0 fully saturated rings. The van der Waals surface area contributed by atoms with E-state index in [0.717, 1.165) is 18.2 Å². The highest BCUT2D eigenvalue weighted by Gasteiger charge is 2.25. The Hall–Kier alpha value is -3.61. The van der Waals surface area contributed by atoms with Gasteiger partial charge in [0, 0.05) is 18.2 Å². The van der Waals surface area contributed by atoms with Crippen LogP contribution in [0.25, 0.3) is 11.2 Å². The van der Waals surface area contributed by atoms with Gasteiger partial charge in [0.15, 0.2) is 11.3 Å². The molecule has 0 unspecified atom stereocenters. The topological polar surface area (TPSA) is 156 Å². The van der Waals surface area contributed by atoms with E-state index >= 15 is 0 Å². The van der Waals surface area contributed by atoms with E-state index in [1.165, 1.54) is 18.3 Å². The monoisotopic (exact) mass is 407 g/mol. The molecule has 146 valence electrons. The fraction of sp³-hybridized carbons (Fsp3) is 0.200. The van der Waals surface area contributed by atoms with Crippen LogP contribution >= 0.6 is 0 Å². The summed E-state index contributed by atoms with van der Waals surface area (Å²) < 4.78 is 33.9. The summed E-state index contributed by atoms with van der Waals surface area (Å²) in [5.41, 5.74) is -0.410. The van der Waals surface area contributed by atoms with Gasteiger partial charge in [-0.2, -0.15) is 0 Å². The Kier molecular flexibility index (Phi) is 4.92. The standard InChI is InChI=1S/C15H13N5O7S/c1-9(2)14(21)11-8-10(5-6-12(11)20(22)23)26-28(24,25)27-19-13-4-3-7-16-15(13)17-18-19/h3-9H,1-2H3. The first-order valence-electron chi connectivity index (χ1n) is 7.81. The van der Waals surface area contributed by atoms with Crippen LogP contribution in [-0.2, 0) is 10.4 Å². The van der Waals surface area contributed by atoms with E-state index in [-0.39, 0.29) is 22.5 Å². The minimum Gasteiger partial charge on any atom is -0.352 e. The summed E-state index contributed by atoms with van der Waals surface area (Å²) in [4.78, 5) is 27.1. The first-order valence-corrected chi connectivity index (χ1v) is 9.15. The Morgan fingerprint density at radius 2 is 2.04 bits per heavy atom. The van der Waals surface area contributed by atoms with Crippen LogP contribution in [0, 0.1) is 16.0 Å². The number of nitro benzene ring substituents is 1. The molecular formula is C15H13N5O7S. The molecule has 0 aliphatic carbocycles. The van der Waals surface area contributed by atoms with E-state index in [9.17, 15) is 23.3 Å². The van der Waals surface area contributed by atoms with E-state index in [0.29, 0.717) is 4.85 Å². The molecule has 1 aromatic carbocycles. The lowest BCUT2D eigenvalue weighted by molar-refractivity contribution is -0.385. The third-order valence-corrected chi connectivity index (χ3v) is 4.23. The Balaban J connectivity index is 1.90. The van der Waals surface area contributed by atoms with Crippen molar-refractivity contribution < 1.29 is 26.6 Å². The number of rotatable bonds is 7. The van der Waals surface area contributed by atoms with Crippen LogP contribution in [0.3, 0.4) is 0 Å². The average molecular weight is 407 g/mol. The van der Waals surface area contributed by atoms with Gasteiger partial charge < -0.3 is 4.18 Å². The van der Waals surface area contributed by atoms with Crippen molar-refractivity contribution in [1.82, 2.24) is 20.1 Å². The number of nitro groups is 1. The van der Waals surface area contributed by atoms with E-state index in [2.05, 4.69) is 15.3 Å². The van der Waals surface area contributed by atoms with Crippen molar-refractivity contribution in [3.63, 3.8) is 0 Å². The Morgan fingerprint density at radius 1 is 1.29 bits per heavy atom. The number of hydrogen-bond acceptors (Lipinski definition) is 10. The molecule has 0 aliphatic rings. The molecular weight excluding hydrogens is 394 g/mol. The van der Waals surface area contributed by atoms with Gasteiger partial charge in [-0.1, -0.05) is 18.7 Å². The lowest BCUT2D eigenvalue weighted by Crippen LogP contribution is -2.26. The van der Waals surface area contributed by atoms with Crippen LogP contribution in [0.4, 0.5) is 5.69 Å². The highest BCUT2D eigenvalue weighted by atomic mass is 32.3. The third-order valence-electron chi connectivity index (χ3n) is 3.51. The lowest BCUT2D eigenvalue weighted by atomic mass is 9.99. The number of pyridine rings is 1. The summed E-state index contributed by atoms with van der Waals surface area (Å²) >= 11 is 0. The second-order valence-corrected chi connectivity index (χ2v) is 6.96. The van der Waals surface area contributed by atoms with Gasteiger partial charge in [0.25, 0.3) is 5.69 Å². The highest BCUT2D eigenvalue weighted by Crippen LogP contribution is 2.27. The quantitative estimate of drug-likeness (QED) is 0.318. The zero-order chi connectivity index (χ0) is 20.5. The number of carbonyl (C=O) groups excluding carboxylic acids is 1. The molecule has 0 spiro atoms. The Labute approximate surface area is 158 Å². The van der Waals surface area contributed by atoms with Crippen molar-refractivity contribution in [2.24, 2.45) is 5.92 Å². The predicted octanol–water partition coefficient (Wildman–Crippen LogP) is 1.33. The minimum absolute atomic E-state index is 0.151. The molecule has 3 rings (SSSR count). The van der Waals surface area contributed by atoms with Gasteiger partial charge in [-0.05, 0) is 29.5 Å². The molecule has 0 radical (unpaired) electrons. The van der Waals surface area contributed by atoms with Crippen molar-refractivity contribution in [2.45, 2.75) is 13.8 Å². The normalized spacial score (nSPS) is 11.5. The number of fused-ring (bicyclic) bond motifs is 1. The zero-order valence-electron chi connectivity index (χ0n) is 14.5. The number of nitrogens with zero attached hydrogens (tertiary/aromatic N) is 5. The van der Waals surface area contributed by atoms with Gasteiger partial charge in [0.05, 0.1) is 10.5 Å². The van der Waals surface area contributed by atoms with Crippen LogP contribution in [0.15, 0.2) is 36.5 Å². The van der Waals surface area contributed by atoms with E-state index in [1.54, 1.807) is 13.8 Å². The summed E-state index contributed by atoms with van der Waals surface area (Å²) in [7, 11) is -4.69. The van der Waals surface area contributed by atoms with Crippen LogP contribution in [0.1, 0.15) is 24.2 Å². The Morgan fingerprint density at radius 3 is 2.71 bits per heavy atom. The molecule has 2 heterocycles. The SMILES string of the molecule is CC(C)C(=O)c1cc(OS(=O)(=O)On2nnc3ncccc32)ccc1[N+](=O)[O-]. The van der Waals surface area contributed by atoms with Gasteiger partial charge in [-0.15, -0.1) is 13.5 Å². The highest BCUT2D eigenvalue weighted by molar-refractivity contribution is 7.82. The van der Waals surface area contributed by atoms with Gasteiger partial charge in [0.2, 0.25) is 5.65 Å². The number of hydrogen-bond donors (Lipinski definition) is 0. The zero-order valence-corrected chi connectivity index (χ0v) is 15.4. The third kappa shape index (κ3) is 3.88. The molecule has 0 saturated heterocycles. The molecule has 0 bridgehead atoms. The van der Waals surface area contributed by atoms with Crippen LogP contribution in [0.5, 0.6) is 5.75 Å². The molecule has 28 heavy (non-hydrogen) atoms. The summed E-state index contributed by atoms with van der Waals surface area (Å²) in [5, 5.41) is 18.3. The maximum atomic E-state index is 12.2. The number of benzene rings is 1. The second-order valence-electron chi connectivity index (χ2n) is 5.83. The summed E-state index contributed by atoms with van der Waals surface area (Å²) in [6.45, 7) is 3.12. The maximum Gasteiger partial charge on any atom is 0.521 e. The fourth-order valence-electron chi connectivity index (χ4n) is 2.26. The summed E-state index contributed by atoms with van der Waals surface area (Å²) in [5.74, 6) is -1.42. The van der Waals surface area contributed by atoms with E-state index in [4.69, 9.17) is 8.47 Å². The van der Waals surface area contributed by atoms with Crippen molar-refractivity contribution in [3.8, 4) is 5.75 Å². The first kappa shape index (κ1) is 19.2. The fourth-order valence-corrected chi connectivity index (χ4v) is 2.91. The van der Waals surface area contributed by atoms with Crippen molar-refractivity contribution in [3.05, 3.63) is 52.2 Å². The van der Waals surface area contributed by atoms with Crippen molar-refractivity contribution in [1.29, 1.82) is 0 Å². The number of Topliss-reactive ketones (excluding diaryl/α,β-unsaturated/α-hetero) is 1. The average Bonchev–Trinajstić information content (AvgIpc) is 3.02. The number of carbonyl (C=O) groups is 1. The molecule has 0 N–H and O–H groups in total. The molecule has 0 saturated carbocycles. The molecule has 3 aromatic rings. The molecule has 2 aromatic heterocycles. The van der Waals surface area contributed by atoms with Crippen molar-refractivity contribution in [2.75, 3.05) is 0 Å². The van der Waals surface area contributed by atoms with Crippen molar-refractivity contribution >= 4 is 33.0 Å². The first-order chi connectivity index (χ1) is 13.2. The Bertz CT molecular complexity index is 1170. The van der Waals surface area contributed by atoms with Crippen LogP contribution in [-0.4, -0.2) is 39.3 Å². The van der Waals surface area contributed by atoms with Gasteiger partial charge in [-0.3, -0.25) is 14.9 Å². The van der Waals surface area contributed by atoms with Crippen LogP contribution in [0.2, 0.25) is 0 Å². The van der Waals surface area contributed by atoms with E-state index in [1.807, 2.05) is 0 Å². The molecule has 13 heteroatoms. The summed E-state index contributed by atoms with van der Waals surface area (Å²) in [6.07, 6.45) is 1.44. The predicted molar refractivity (Wildman–Crippen MR) is 93.7 cm³/mol. The van der Waals surface area contributed by atoms with Crippen LogP contribution < -0.4 is 8.47 Å². The molecule has 0 amide bonds. The molecule has 12 nitrogen and oxygen atoms in total. The van der Waals surface area contributed by atoms with Gasteiger partial charge in [0.1, 0.15) is 5.75 Å². The smallest absolute Gasteiger partial charge is 0.352 e. The second kappa shape index (κ2) is 7.19. The number of ketones is 1. The minimum atomic E-state index is -4.69. The van der Waals surface area contributed by atoms with Gasteiger partial charge in [-0.25, -0.2) is 9.27 Å². The molecule has 0 aliphatic heterocycles. The lowest BCUT2D eigenvalue weighted by Gasteiger charge is -2.09. The van der Waals surface area contributed by atoms with E-state index < -0.39 is 32.7 Å². The number of aromatic nitrogens is 4. The summed E-state index contributed by atoms with van der Waals surface area (Å²) in [6, 6.07) is 6.00. The largest absolute Gasteiger partial charge is 0.521 e. The molecule has 0 atom stereocenters.